The molecule has 1 aliphatic heterocycles. The Labute approximate surface area is 119 Å². The average Bonchev–Trinajstić information content (AvgIpc) is 2.48. The van der Waals surface area contributed by atoms with E-state index in [0.29, 0.717) is 5.41 Å². The monoisotopic (exact) mass is 271 g/mol. The second-order valence-corrected chi connectivity index (χ2v) is 5.88. The van der Waals surface area contributed by atoms with Crippen molar-refractivity contribution in [2.45, 2.75) is 19.8 Å². The van der Waals surface area contributed by atoms with Crippen molar-refractivity contribution in [3.63, 3.8) is 0 Å². The maximum Gasteiger partial charge on any atom is 0.0953 e. The lowest BCUT2D eigenvalue weighted by Gasteiger charge is -2.34. The second kappa shape index (κ2) is 5.29. The maximum atomic E-state index is 6.01. The highest BCUT2D eigenvalue weighted by Crippen LogP contribution is 2.32. The van der Waals surface area contributed by atoms with Crippen LogP contribution in [0, 0.1) is 5.41 Å². The van der Waals surface area contributed by atoms with Crippen LogP contribution in [-0.2, 0) is 4.74 Å². The molecule has 4 heteroatoms. The Bertz CT molecular complexity index is 606. The Hall–Kier alpha value is -1.81. The number of anilines is 2. The Morgan fingerprint density at radius 2 is 2.10 bits per heavy atom. The van der Waals surface area contributed by atoms with Gasteiger partial charge in [-0.05, 0) is 42.5 Å². The molecule has 2 heterocycles. The van der Waals surface area contributed by atoms with Gasteiger partial charge in [-0.1, -0.05) is 6.92 Å². The molecular formula is C16H21N3O. The standard InChI is InChI=1S/C16H21N3O/c1-16(6-9-20-10-7-16)11-19-14-5-4-13(17)12-3-2-8-18-15(12)14/h2-5,8,19H,6-7,9-11,17H2,1H3. The lowest BCUT2D eigenvalue weighted by molar-refractivity contribution is 0.0300. The van der Waals surface area contributed by atoms with Crippen molar-refractivity contribution >= 4 is 22.3 Å². The summed E-state index contributed by atoms with van der Waals surface area (Å²) in [5.41, 5.74) is 9.08. The van der Waals surface area contributed by atoms with E-state index in [2.05, 4.69) is 17.2 Å². The van der Waals surface area contributed by atoms with Crippen molar-refractivity contribution in [1.29, 1.82) is 0 Å². The van der Waals surface area contributed by atoms with Crippen molar-refractivity contribution < 1.29 is 4.74 Å². The minimum Gasteiger partial charge on any atom is -0.398 e. The van der Waals surface area contributed by atoms with Crippen molar-refractivity contribution in [3.05, 3.63) is 30.5 Å². The summed E-state index contributed by atoms with van der Waals surface area (Å²) in [7, 11) is 0. The Morgan fingerprint density at radius 1 is 1.30 bits per heavy atom. The van der Waals surface area contributed by atoms with E-state index in [4.69, 9.17) is 10.5 Å². The summed E-state index contributed by atoms with van der Waals surface area (Å²) in [5.74, 6) is 0. The van der Waals surface area contributed by atoms with Crippen LogP contribution in [0.15, 0.2) is 30.5 Å². The van der Waals surface area contributed by atoms with Gasteiger partial charge in [0.15, 0.2) is 0 Å². The zero-order chi connectivity index (χ0) is 14.0. The highest BCUT2D eigenvalue weighted by molar-refractivity contribution is 5.98. The fourth-order valence-electron chi connectivity index (χ4n) is 2.69. The van der Waals surface area contributed by atoms with Gasteiger partial charge in [0.05, 0.1) is 11.2 Å². The number of fused-ring (bicyclic) bond motifs is 1. The summed E-state index contributed by atoms with van der Waals surface area (Å²) in [6.07, 6.45) is 4.00. The highest BCUT2D eigenvalue weighted by Gasteiger charge is 2.27. The predicted octanol–water partition coefficient (Wildman–Crippen LogP) is 3.05. The van der Waals surface area contributed by atoms with Crippen molar-refractivity contribution in [1.82, 2.24) is 4.98 Å². The zero-order valence-corrected chi connectivity index (χ0v) is 11.9. The quantitative estimate of drug-likeness (QED) is 0.842. The highest BCUT2D eigenvalue weighted by atomic mass is 16.5. The molecule has 0 aliphatic carbocycles. The van der Waals surface area contributed by atoms with E-state index in [1.165, 1.54) is 0 Å². The van der Waals surface area contributed by atoms with Crippen molar-refractivity contribution in [3.8, 4) is 0 Å². The molecule has 3 rings (SSSR count). The number of benzene rings is 1. The molecular weight excluding hydrogens is 250 g/mol. The van der Waals surface area contributed by atoms with Crippen LogP contribution in [0.2, 0.25) is 0 Å². The number of nitrogens with zero attached hydrogens (tertiary/aromatic N) is 1. The summed E-state index contributed by atoms with van der Waals surface area (Å²) in [6, 6.07) is 7.90. The number of hydrogen-bond donors (Lipinski definition) is 2. The van der Waals surface area contributed by atoms with Gasteiger partial charge in [-0.15, -0.1) is 0 Å². The Morgan fingerprint density at radius 3 is 2.90 bits per heavy atom. The Balaban J connectivity index is 1.82. The largest absolute Gasteiger partial charge is 0.398 e. The number of aromatic nitrogens is 1. The molecule has 0 bridgehead atoms. The van der Waals surface area contributed by atoms with E-state index < -0.39 is 0 Å². The summed E-state index contributed by atoms with van der Waals surface area (Å²) in [6.45, 7) is 4.97. The maximum absolute atomic E-state index is 6.01. The van der Waals surface area contributed by atoms with Crippen LogP contribution < -0.4 is 11.1 Å². The lowest BCUT2D eigenvalue weighted by atomic mass is 9.82. The van der Waals surface area contributed by atoms with Gasteiger partial charge in [0.25, 0.3) is 0 Å². The molecule has 106 valence electrons. The molecule has 0 radical (unpaired) electrons. The summed E-state index contributed by atoms with van der Waals surface area (Å²) >= 11 is 0. The van der Waals surface area contributed by atoms with Crippen molar-refractivity contribution in [2.24, 2.45) is 5.41 Å². The van der Waals surface area contributed by atoms with Gasteiger partial charge in [-0.2, -0.15) is 0 Å². The first-order chi connectivity index (χ1) is 9.68. The van der Waals surface area contributed by atoms with Crippen LogP contribution in [0.5, 0.6) is 0 Å². The van der Waals surface area contributed by atoms with Gasteiger partial charge in [0.2, 0.25) is 0 Å². The first kappa shape index (κ1) is 13.2. The summed E-state index contributed by atoms with van der Waals surface area (Å²) < 4.78 is 5.45. The van der Waals surface area contributed by atoms with E-state index in [9.17, 15) is 0 Å². The number of nitrogen functional groups attached to an aromatic ring is 1. The Kier molecular flexibility index (Phi) is 3.49. The summed E-state index contributed by atoms with van der Waals surface area (Å²) in [5, 5.41) is 4.56. The van der Waals surface area contributed by atoms with Gasteiger partial charge in [0, 0.05) is 37.0 Å². The molecule has 0 amide bonds. The smallest absolute Gasteiger partial charge is 0.0953 e. The first-order valence-corrected chi connectivity index (χ1v) is 7.13. The van der Waals surface area contributed by atoms with Crippen LogP contribution in [0.4, 0.5) is 11.4 Å². The molecule has 0 spiro atoms. The molecule has 20 heavy (non-hydrogen) atoms. The van der Waals surface area contributed by atoms with Gasteiger partial charge >= 0.3 is 0 Å². The van der Waals surface area contributed by atoms with Gasteiger partial charge < -0.3 is 15.8 Å². The van der Waals surface area contributed by atoms with E-state index in [1.54, 1.807) is 0 Å². The molecule has 3 N–H and O–H groups in total. The number of pyridine rings is 1. The van der Waals surface area contributed by atoms with Crippen LogP contribution in [0.25, 0.3) is 10.9 Å². The minimum atomic E-state index is 0.292. The van der Waals surface area contributed by atoms with Gasteiger partial charge in [-0.25, -0.2) is 0 Å². The van der Waals surface area contributed by atoms with Crippen LogP contribution in [-0.4, -0.2) is 24.7 Å². The molecule has 1 aromatic heterocycles. The average molecular weight is 271 g/mol. The third kappa shape index (κ3) is 2.56. The number of hydrogen-bond acceptors (Lipinski definition) is 4. The molecule has 1 aliphatic rings. The van der Waals surface area contributed by atoms with Crippen molar-refractivity contribution in [2.75, 3.05) is 30.8 Å². The van der Waals surface area contributed by atoms with E-state index >= 15 is 0 Å². The zero-order valence-electron chi connectivity index (χ0n) is 11.9. The molecule has 2 aromatic rings. The fourth-order valence-corrected chi connectivity index (χ4v) is 2.69. The molecule has 0 unspecified atom stereocenters. The third-order valence-electron chi connectivity index (χ3n) is 4.21. The van der Waals surface area contributed by atoms with Crippen LogP contribution >= 0.6 is 0 Å². The first-order valence-electron chi connectivity index (χ1n) is 7.13. The lowest BCUT2D eigenvalue weighted by Crippen LogP contribution is -2.33. The number of nitrogens with two attached hydrogens (primary N) is 1. The fraction of sp³-hybridized carbons (Fsp3) is 0.438. The molecule has 1 fully saturated rings. The minimum absolute atomic E-state index is 0.292. The number of nitrogens with one attached hydrogen (secondary N) is 1. The summed E-state index contributed by atoms with van der Waals surface area (Å²) in [4.78, 5) is 4.46. The molecule has 0 saturated carbocycles. The van der Waals surface area contributed by atoms with Crippen LogP contribution in [0.3, 0.4) is 0 Å². The van der Waals surface area contributed by atoms with Gasteiger partial charge in [-0.3, -0.25) is 4.98 Å². The van der Waals surface area contributed by atoms with E-state index in [-0.39, 0.29) is 0 Å². The van der Waals surface area contributed by atoms with E-state index in [0.717, 1.165) is 54.9 Å². The molecule has 1 saturated heterocycles. The third-order valence-corrected chi connectivity index (χ3v) is 4.21. The normalized spacial score (nSPS) is 18.1. The van der Waals surface area contributed by atoms with Crippen LogP contribution in [0.1, 0.15) is 19.8 Å². The number of ether oxygens (including phenoxy) is 1. The number of rotatable bonds is 3. The second-order valence-electron chi connectivity index (χ2n) is 5.88. The van der Waals surface area contributed by atoms with Gasteiger partial charge in [0.1, 0.15) is 0 Å². The molecule has 0 atom stereocenters. The van der Waals surface area contributed by atoms with E-state index in [1.807, 2.05) is 30.5 Å². The SMILES string of the molecule is CC1(CNc2ccc(N)c3cccnc23)CCOCC1. The molecule has 4 nitrogen and oxygen atoms in total. The topological polar surface area (TPSA) is 60.2 Å². The predicted molar refractivity (Wildman–Crippen MR) is 82.8 cm³/mol. The molecule has 1 aromatic carbocycles.